The third-order valence-corrected chi connectivity index (χ3v) is 9.75. The first-order chi connectivity index (χ1) is 24.6. The average Bonchev–Trinajstić information content (AvgIpc) is 3.14. The van der Waals surface area contributed by atoms with E-state index in [2.05, 4.69) is 16.0 Å². The maximum absolute atomic E-state index is 14.7. The third-order valence-electron chi connectivity index (χ3n) is 8.06. The number of fused-ring (bicyclic) bond motifs is 2. The molecular weight excluding hydrogens is 689 g/mol. The zero-order chi connectivity index (χ0) is 36.1. The van der Waals surface area contributed by atoms with Crippen LogP contribution in [-0.2, 0) is 9.59 Å². The average molecular weight is 718 g/mol. The van der Waals surface area contributed by atoms with E-state index in [9.17, 15) is 28.4 Å². The molecule has 5 aromatic carbocycles. The number of amides is 3. The lowest BCUT2D eigenvalue weighted by molar-refractivity contribution is -0.116. The van der Waals surface area contributed by atoms with Crippen molar-refractivity contribution in [3.8, 4) is 0 Å². The molecule has 51 heavy (non-hydrogen) atoms. The highest BCUT2D eigenvalue weighted by Gasteiger charge is 2.32. The first kappa shape index (κ1) is 35.0. The Morgan fingerprint density at radius 2 is 1.45 bits per heavy atom. The summed E-state index contributed by atoms with van der Waals surface area (Å²) in [6, 6.07) is 30.5. The monoisotopic (exact) mass is 717 g/mol. The summed E-state index contributed by atoms with van der Waals surface area (Å²) in [4.78, 5) is 67.4. The first-order valence-electron chi connectivity index (χ1n) is 15.9. The molecule has 0 fully saturated rings. The van der Waals surface area contributed by atoms with Gasteiger partial charge in [-0.1, -0.05) is 85.3 Å². The molecule has 0 heterocycles. The van der Waals surface area contributed by atoms with Crippen LogP contribution in [0.2, 0.25) is 5.02 Å². The Balaban J connectivity index is 1.20. The van der Waals surface area contributed by atoms with Crippen LogP contribution in [0.3, 0.4) is 0 Å². The Morgan fingerprint density at radius 1 is 0.784 bits per heavy atom. The van der Waals surface area contributed by atoms with Gasteiger partial charge in [0.25, 0.3) is 11.8 Å². The van der Waals surface area contributed by atoms with E-state index in [1.807, 2.05) is 6.92 Å². The predicted molar refractivity (Wildman–Crippen MR) is 197 cm³/mol. The van der Waals surface area contributed by atoms with E-state index in [0.29, 0.717) is 22.6 Å². The molecule has 1 aliphatic rings. The predicted octanol–water partition coefficient (Wildman–Crippen LogP) is 8.17. The van der Waals surface area contributed by atoms with Crippen LogP contribution in [-0.4, -0.2) is 34.5 Å². The van der Waals surface area contributed by atoms with Crippen LogP contribution in [0.15, 0.2) is 126 Å². The van der Waals surface area contributed by atoms with E-state index in [4.69, 9.17) is 11.6 Å². The summed E-state index contributed by atoms with van der Waals surface area (Å²) in [6.45, 7) is 1.84. The molecule has 0 saturated carbocycles. The van der Waals surface area contributed by atoms with Gasteiger partial charge in [0.15, 0.2) is 11.6 Å². The summed E-state index contributed by atoms with van der Waals surface area (Å²) in [5, 5.41) is 7.60. The largest absolute Gasteiger partial charge is 0.324 e. The van der Waals surface area contributed by atoms with Gasteiger partial charge in [-0.15, -0.1) is 11.8 Å². The fourth-order valence-corrected chi connectivity index (χ4v) is 6.76. The van der Waals surface area contributed by atoms with Gasteiger partial charge in [0.1, 0.15) is 11.5 Å². The molecule has 3 N–H and O–H groups in total. The van der Waals surface area contributed by atoms with E-state index in [1.54, 1.807) is 97.1 Å². The topological polar surface area (TPSA) is 121 Å². The summed E-state index contributed by atoms with van der Waals surface area (Å²) in [5.74, 6) is -3.00. The van der Waals surface area contributed by atoms with Gasteiger partial charge in [0.2, 0.25) is 5.91 Å². The molecule has 0 radical (unpaired) electrons. The fourth-order valence-electron chi connectivity index (χ4n) is 5.53. The highest BCUT2D eigenvalue weighted by atomic mass is 35.5. The van der Waals surface area contributed by atoms with Crippen molar-refractivity contribution in [1.29, 1.82) is 0 Å². The fraction of sp³-hybridized carbons (Fsp3) is 0.0750. The van der Waals surface area contributed by atoms with Gasteiger partial charge in [-0.25, -0.2) is 4.39 Å². The Labute approximate surface area is 302 Å². The molecule has 0 bridgehead atoms. The van der Waals surface area contributed by atoms with Gasteiger partial charge in [-0.2, -0.15) is 0 Å². The van der Waals surface area contributed by atoms with Gasteiger partial charge in [0.05, 0.1) is 21.5 Å². The van der Waals surface area contributed by atoms with E-state index < -0.39 is 22.9 Å². The number of carbonyl (C=O) groups is 5. The van der Waals surface area contributed by atoms with E-state index in [0.717, 1.165) is 0 Å². The quantitative estimate of drug-likeness (QED) is 0.0971. The molecule has 6 rings (SSSR count). The smallest absolute Gasteiger partial charge is 0.272 e. The highest BCUT2D eigenvalue weighted by molar-refractivity contribution is 8.00. The van der Waals surface area contributed by atoms with Gasteiger partial charge in [-0.05, 0) is 61.0 Å². The standard InChI is InChI=1S/C40H29ClFN3O5S/c1-2-34(40(50)44-32-20-9-17-28-35(32)37(47)27-16-7-6-15-26(27)36(28)46)51-25-14-8-13-24(21-25)43-39(49)33(22-29-30(41)18-10-19-31(29)42)45-38(48)23-11-4-3-5-12-23/h3-22,34H,2H2,1H3,(H,43,49)(H,44,50)(H,45,48)/b33-22+. The molecule has 0 aromatic heterocycles. The van der Waals surface area contributed by atoms with Crippen LogP contribution >= 0.6 is 23.4 Å². The minimum Gasteiger partial charge on any atom is -0.324 e. The van der Waals surface area contributed by atoms with Crippen LogP contribution in [0.25, 0.3) is 6.08 Å². The molecular formula is C40H29ClFN3O5S. The third kappa shape index (κ3) is 7.67. The molecule has 5 aromatic rings. The van der Waals surface area contributed by atoms with Crippen molar-refractivity contribution in [1.82, 2.24) is 5.32 Å². The number of carbonyl (C=O) groups excluding carboxylic acids is 5. The van der Waals surface area contributed by atoms with Gasteiger partial charge >= 0.3 is 0 Å². The number of halogens is 2. The van der Waals surface area contributed by atoms with Crippen molar-refractivity contribution < 1.29 is 28.4 Å². The summed E-state index contributed by atoms with van der Waals surface area (Å²) < 4.78 is 14.7. The molecule has 1 atom stereocenters. The van der Waals surface area contributed by atoms with Gasteiger partial charge in [0, 0.05) is 38.4 Å². The minimum atomic E-state index is -0.736. The number of thioether (sulfide) groups is 1. The number of nitrogens with one attached hydrogen (secondary N) is 3. The van der Waals surface area contributed by atoms with Crippen molar-refractivity contribution in [3.63, 3.8) is 0 Å². The molecule has 1 aliphatic carbocycles. The van der Waals surface area contributed by atoms with Crippen LogP contribution in [0.4, 0.5) is 15.8 Å². The number of benzene rings is 5. The summed E-state index contributed by atoms with van der Waals surface area (Å²) >= 11 is 7.47. The number of hydrogen-bond donors (Lipinski definition) is 3. The zero-order valence-electron chi connectivity index (χ0n) is 27.0. The molecule has 0 aliphatic heterocycles. The van der Waals surface area contributed by atoms with E-state index in [1.165, 1.54) is 36.0 Å². The van der Waals surface area contributed by atoms with Crippen molar-refractivity contribution in [2.45, 2.75) is 23.5 Å². The molecule has 8 nitrogen and oxygen atoms in total. The lowest BCUT2D eigenvalue weighted by Gasteiger charge is -2.21. The second-order valence-corrected chi connectivity index (χ2v) is 13.1. The van der Waals surface area contributed by atoms with Crippen molar-refractivity contribution in [2.75, 3.05) is 10.6 Å². The van der Waals surface area contributed by atoms with E-state index >= 15 is 0 Å². The van der Waals surface area contributed by atoms with Crippen LogP contribution < -0.4 is 16.0 Å². The summed E-state index contributed by atoms with van der Waals surface area (Å²) in [6.07, 6.45) is 1.59. The SMILES string of the molecule is CCC(Sc1cccc(NC(=O)/C(=C\c2c(F)cccc2Cl)NC(=O)c2ccccc2)c1)C(=O)Nc1cccc2c1C(=O)c1ccccc1C2=O. The normalized spacial score (nSPS) is 12.7. The number of hydrogen-bond acceptors (Lipinski definition) is 6. The second-order valence-electron chi connectivity index (χ2n) is 11.4. The van der Waals surface area contributed by atoms with Crippen molar-refractivity contribution in [2.24, 2.45) is 0 Å². The zero-order valence-corrected chi connectivity index (χ0v) is 28.6. The number of ketones is 2. The molecule has 11 heteroatoms. The Hall–Kier alpha value is -5.84. The lowest BCUT2D eigenvalue weighted by atomic mass is 9.83. The first-order valence-corrected chi connectivity index (χ1v) is 17.1. The van der Waals surface area contributed by atoms with Crippen molar-refractivity contribution >= 4 is 70.1 Å². The van der Waals surface area contributed by atoms with Crippen molar-refractivity contribution in [3.05, 3.63) is 165 Å². The lowest BCUT2D eigenvalue weighted by Crippen LogP contribution is -2.30. The van der Waals surface area contributed by atoms with E-state index in [-0.39, 0.29) is 61.7 Å². The number of rotatable bonds is 10. The van der Waals surface area contributed by atoms with Gasteiger partial charge < -0.3 is 16.0 Å². The molecule has 3 amide bonds. The van der Waals surface area contributed by atoms with Gasteiger partial charge in [-0.3, -0.25) is 24.0 Å². The summed E-state index contributed by atoms with van der Waals surface area (Å²) in [7, 11) is 0. The maximum Gasteiger partial charge on any atom is 0.272 e. The Kier molecular flexibility index (Phi) is 10.5. The molecule has 1 unspecified atom stereocenters. The molecule has 0 spiro atoms. The van der Waals surface area contributed by atoms with Crippen LogP contribution in [0, 0.1) is 5.82 Å². The Morgan fingerprint density at radius 3 is 2.18 bits per heavy atom. The molecule has 254 valence electrons. The second kappa shape index (κ2) is 15.4. The number of anilines is 2. The van der Waals surface area contributed by atoms with Crippen LogP contribution in [0.1, 0.15) is 61.1 Å². The molecule has 0 saturated heterocycles. The Bertz CT molecular complexity index is 2220. The minimum absolute atomic E-state index is 0.0494. The highest BCUT2D eigenvalue weighted by Crippen LogP contribution is 2.34. The summed E-state index contributed by atoms with van der Waals surface area (Å²) in [5.41, 5.74) is 1.55. The maximum atomic E-state index is 14.7. The van der Waals surface area contributed by atoms with Crippen LogP contribution in [0.5, 0.6) is 0 Å².